The van der Waals surface area contributed by atoms with Gasteiger partial charge >= 0.3 is 0 Å². The fraction of sp³-hybridized carbons (Fsp3) is 0.312. The number of nitrogens with zero attached hydrogens (tertiary/aromatic N) is 1. The lowest BCUT2D eigenvalue weighted by Gasteiger charge is -2.09. The molecular formula is C16H15ClN2O2. The normalized spacial score (nSPS) is 17.2. The molecule has 1 aromatic carbocycles. The van der Waals surface area contributed by atoms with Crippen LogP contribution in [0.1, 0.15) is 35.2 Å². The van der Waals surface area contributed by atoms with Gasteiger partial charge in [-0.05, 0) is 49.5 Å². The highest BCUT2D eigenvalue weighted by atomic mass is 35.5. The number of nitrogens with one attached hydrogen (secondary N) is 1. The van der Waals surface area contributed by atoms with Crippen LogP contribution in [0.2, 0.25) is 5.02 Å². The first kappa shape index (κ1) is 14.0. The number of rotatable bonds is 4. The summed E-state index contributed by atoms with van der Waals surface area (Å²) < 4.78 is 0. The molecular weight excluding hydrogens is 288 g/mol. The van der Waals surface area contributed by atoms with Gasteiger partial charge < -0.3 is 5.32 Å². The Morgan fingerprint density at radius 2 is 2.19 bits per heavy atom. The zero-order chi connectivity index (χ0) is 15.0. The van der Waals surface area contributed by atoms with Gasteiger partial charge in [0, 0.05) is 23.4 Å². The highest BCUT2D eigenvalue weighted by molar-refractivity contribution is 6.33. The van der Waals surface area contributed by atoms with Crippen LogP contribution in [0.15, 0.2) is 28.9 Å². The van der Waals surface area contributed by atoms with E-state index in [2.05, 4.69) is 10.3 Å². The molecule has 108 valence electrons. The molecule has 2 aliphatic rings. The van der Waals surface area contributed by atoms with Gasteiger partial charge in [0.1, 0.15) is 5.70 Å². The first-order valence-electron chi connectivity index (χ1n) is 6.93. The maximum absolute atomic E-state index is 12.2. The number of allylic oxidation sites excluding steroid dienone is 1. The smallest absolute Gasteiger partial charge is 0.273 e. The van der Waals surface area contributed by atoms with Crippen LogP contribution in [0.4, 0.5) is 5.69 Å². The average molecular weight is 303 g/mol. The lowest BCUT2D eigenvalue weighted by molar-refractivity contribution is -0.112. The summed E-state index contributed by atoms with van der Waals surface area (Å²) in [6, 6.07) is 3.26. The number of aryl methyl sites for hydroxylation is 1. The number of aldehydes is 1. The first-order valence-corrected chi connectivity index (χ1v) is 7.30. The number of hydrogen-bond donors (Lipinski definition) is 1. The molecule has 5 heteroatoms. The minimum atomic E-state index is -0.243. The van der Waals surface area contributed by atoms with Crippen LogP contribution >= 0.6 is 11.6 Å². The summed E-state index contributed by atoms with van der Waals surface area (Å²) in [6.45, 7) is 1.83. The lowest BCUT2D eigenvalue weighted by Crippen LogP contribution is -2.14. The maximum Gasteiger partial charge on any atom is 0.273 e. The quantitative estimate of drug-likeness (QED) is 0.865. The van der Waals surface area contributed by atoms with E-state index in [9.17, 15) is 9.59 Å². The summed E-state index contributed by atoms with van der Waals surface area (Å²) in [6.07, 6.45) is 5.66. The van der Waals surface area contributed by atoms with Crippen molar-refractivity contribution in [3.63, 3.8) is 0 Å². The fourth-order valence-corrected chi connectivity index (χ4v) is 2.63. The molecule has 21 heavy (non-hydrogen) atoms. The van der Waals surface area contributed by atoms with E-state index in [1.54, 1.807) is 12.1 Å². The Bertz CT molecular complexity index is 688. The van der Waals surface area contributed by atoms with Crippen LogP contribution in [-0.2, 0) is 4.79 Å². The molecule has 0 atom stereocenters. The van der Waals surface area contributed by atoms with E-state index >= 15 is 0 Å². The summed E-state index contributed by atoms with van der Waals surface area (Å²) in [4.78, 5) is 27.6. The molecule has 4 nitrogen and oxygen atoms in total. The van der Waals surface area contributed by atoms with Crippen LogP contribution in [0.3, 0.4) is 0 Å². The minimum absolute atomic E-state index is 0.243. The number of anilines is 1. The summed E-state index contributed by atoms with van der Waals surface area (Å²) >= 11 is 5.95. The van der Waals surface area contributed by atoms with E-state index in [0.29, 0.717) is 34.2 Å². The number of halogens is 1. The molecule has 3 rings (SSSR count). The van der Waals surface area contributed by atoms with E-state index in [4.69, 9.17) is 11.6 Å². The van der Waals surface area contributed by atoms with Crippen LogP contribution in [0.25, 0.3) is 0 Å². The number of carbonyl (C=O) groups is 2. The van der Waals surface area contributed by atoms with Gasteiger partial charge in [0.15, 0.2) is 6.29 Å². The Labute approximate surface area is 127 Å². The van der Waals surface area contributed by atoms with Gasteiger partial charge in [0.05, 0.1) is 5.02 Å². The van der Waals surface area contributed by atoms with Crippen molar-refractivity contribution in [3.05, 3.63) is 40.1 Å². The highest BCUT2D eigenvalue weighted by Gasteiger charge is 2.30. The van der Waals surface area contributed by atoms with Gasteiger partial charge in [-0.25, -0.2) is 0 Å². The van der Waals surface area contributed by atoms with Crippen molar-refractivity contribution in [1.82, 2.24) is 0 Å². The minimum Gasteiger partial charge on any atom is -0.320 e. The van der Waals surface area contributed by atoms with Crippen molar-refractivity contribution in [3.8, 4) is 0 Å². The number of hydrogen-bond acceptors (Lipinski definition) is 3. The molecule has 0 saturated heterocycles. The van der Waals surface area contributed by atoms with E-state index < -0.39 is 0 Å². The summed E-state index contributed by atoms with van der Waals surface area (Å²) in [5, 5.41) is 3.19. The zero-order valence-electron chi connectivity index (χ0n) is 11.6. The molecule has 1 fully saturated rings. The van der Waals surface area contributed by atoms with Crippen molar-refractivity contribution in [2.75, 3.05) is 5.32 Å². The predicted octanol–water partition coefficient (Wildman–Crippen LogP) is 3.54. The summed E-state index contributed by atoms with van der Waals surface area (Å²) in [5.74, 6) is 0.332. The molecule has 1 amide bonds. The SMILES string of the molecule is Cc1cc(Cl)c(C=O)cc1NC(=O)C1=CCC(C2CC2)=N1. The lowest BCUT2D eigenvalue weighted by atomic mass is 10.1. The highest BCUT2D eigenvalue weighted by Crippen LogP contribution is 2.35. The fourth-order valence-electron chi connectivity index (χ4n) is 2.37. The number of aliphatic imine (C=N–C) groups is 1. The van der Waals surface area contributed by atoms with Gasteiger partial charge in [-0.2, -0.15) is 0 Å². The van der Waals surface area contributed by atoms with Crippen LogP contribution in [0.5, 0.6) is 0 Å². The van der Waals surface area contributed by atoms with Gasteiger partial charge in [-0.3, -0.25) is 14.6 Å². The maximum atomic E-state index is 12.2. The molecule has 0 aromatic heterocycles. The van der Waals surface area contributed by atoms with Gasteiger partial charge in [0.25, 0.3) is 5.91 Å². The van der Waals surface area contributed by atoms with Crippen LogP contribution < -0.4 is 5.32 Å². The largest absolute Gasteiger partial charge is 0.320 e. The van der Waals surface area contributed by atoms with Crippen molar-refractivity contribution in [1.29, 1.82) is 0 Å². The van der Waals surface area contributed by atoms with E-state index in [0.717, 1.165) is 17.7 Å². The number of carbonyl (C=O) groups excluding carboxylic acids is 2. The summed E-state index contributed by atoms with van der Waals surface area (Å²) in [7, 11) is 0. The molecule has 0 spiro atoms. The molecule has 1 saturated carbocycles. The predicted molar refractivity (Wildman–Crippen MR) is 83.1 cm³/mol. The van der Waals surface area contributed by atoms with Crippen LogP contribution in [0, 0.1) is 12.8 Å². The second-order valence-corrected chi connectivity index (χ2v) is 5.84. The third-order valence-corrected chi connectivity index (χ3v) is 4.10. The third kappa shape index (κ3) is 2.90. The van der Waals surface area contributed by atoms with Crippen molar-refractivity contribution < 1.29 is 9.59 Å². The number of amides is 1. The van der Waals surface area contributed by atoms with Crippen molar-refractivity contribution in [2.24, 2.45) is 10.9 Å². The molecule has 0 unspecified atom stereocenters. The Kier molecular flexibility index (Phi) is 3.64. The molecule has 1 heterocycles. The summed E-state index contributed by atoms with van der Waals surface area (Å²) in [5.41, 5.74) is 3.33. The Balaban J connectivity index is 1.77. The molecule has 1 N–H and O–H groups in total. The van der Waals surface area contributed by atoms with Gasteiger partial charge in [0.2, 0.25) is 0 Å². The second-order valence-electron chi connectivity index (χ2n) is 5.43. The Morgan fingerprint density at radius 1 is 1.43 bits per heavy atom. The topological polar surface area (TPSA) is 58.5 Å². The molecule has 1 aliphatic heterocycles. The third-order valence-electron chi connectivity index (χ3n) is 3.77. The average Bonchev–Trinajstić information content (AvgIpc) is 3.19. The van der Waals surface area contributed by atoms with Crippen molar-refractivity contribution in [2.45, 2.75) is 26.2 Å². The van der Waals surface area contributed by atoms with Crippen LogP contribution in [-0.4, -0.2) is 17.9 Å². The first-order chi connectivity index (χ1) is 10.1. The molecule has 1 aliphatic carbocycles. The van der Waals surface area contributed by atoms with Gasteiger partial charge in [-0.15, -0.1) is 0 Å². The number of benzene rings is 1. The second kappa shape index (κ2) is 5.45. The Hall–Kier alpha value is -1.94. The van der Waals surface area contributed by atoms with Crippen molar-refractivity contribution >= 4 is 35.2 Å². The molecule has 1 aromatic rings. The van der Waals surface area contributed by atoms with E-state index in [-0.39, 0.29) is 5.91 Å². The molecule has 0 bridgehead atoms. The van der Waals surface area contributed by atoms with Gasteiger partial charge in [-0.1, -0.05) is 11.6 Å². The Morgan fingerprint density at radius 3 is 2.86 bits per heavy atom. The molecule has 0 radical (unpaired) electrons. The van der Waals surface area contributed by atoms with E-state index in [1.807, 2.05) is 13.0 Å². The van der Waals surface area contributed by atoms with E-state index in [1.165, 1.54) is 12.8 Å². The standard InChI is InChI=1S/C16H15ClN2O2/c1-9-6-12(17)11(8-20)7-15(9)19-16(21)14-5-4-13(18-14)10-2-3-10/h5-8,10H,2-4H2,1H3,(H,19,21). The zero-order valence-corrected chi connectivity index (χ0v) is 12.4. The monoisotopic (exact) mass is 302 g/mol.